The molecule has 0 aliphatic carbocycles. The highest BCUT2D eigenvalue weighted by atomic mass is 32.2. The third-order valence-electron chi connectivity index (χ3n) is 3.76. The zero-order chi connectivity index (χ0) is 17.6. The van der Waals surface area contributed by atoms with Crippen LogP contribution in [0.4, 0.5) is 5.13 Å². The van der Waals surface area contributed by atoms with E-state index in [1.807, 2.05) is 23.6 Å². The lowest BCUT2D eigenvalue weighted by molar-refractivity contribution is -0.113. The lowest BCUT2D eigenvalue weighted by Gasteiger charge is -2.03. The van der Waals surface area contributed by atoms with Gasteiger partial charge in [-0.25, -0.2) is 4.98 Å². The SMILES string of the molecule is Cc1ccc(-c2csc(NC(=O)CSCc3ccccn3)n2)cc1C. The maximum Gasteiger partial charge on any atom is 0.236 e. The van der Waals surface area contributed by atoms with Gasteiger partial charge in [-0.05, 0) is 43.2 Å². The van der Waals surface area contributed by atoms with Gasteiger partial charge in [0, 0.05) is 22.9 Å². The van der Waals surface area contributed by atoms with Crippen molar-refractivity contribution in [2.75, 3.05) is 11.1 Å². The molecule has 0 saturated heterocycles. The molecule has 0 atom stereocenters. The fourth-order valence-corrected chi connectivity index (χ4v) is 3.73. The van der Waals surface area contributed by atoms with E-state index in [1.165, 1.54) is 22.5 Å². The highest BCUT2D eigenvalue weighted by molar-refractivity contribution is 7.99. The summed E-state index contributed by atoms with van der Waals surface area (Å²) in [6.07, 6.45) is 1.76. The number of amides is 1. The highest BCUT2D eigenvalue weighted by Gasteiger charge is 2.09. The number of pyridine rings is 1. The summed E-state index contributed by atoms with van der Waals surface area (Å²) in [5, 5.41) is 5.48. The van der Waals surface area contributed by atoms with Crippen molar-refractivity contribution in [1.29, 1.82) is 0 Å². The average molecular weight is 370 g/mol. The third-order valence-corrected chi connectivity index (χ3v) is 5.49. The molecule has 0 fully saturated rings. The quantitative estimate of drug-likeness (QED) is 0.685. The van der Waals surface area contributed by atoms with Gasteiger partial charge in [-0.3, -0.25) is 9.78 Å². The molecule has 25 heavy (non-hydrogen) atoms. The number of hydrogen-bond donors (Lipinski definition) is 1. The molecule has 0 saturated carbocycles. The van der Waals surface area contributed by atoms with Crippen molar-refractivity contribution in [2.45, 2.75) is 19.6 Å². The monoisotopic (exact) mass is 369 g/mol. The van der Waals surface area contributed by atoms with Gasteiger partial charge >= 0.3 is 0 Å². The Labute approximate surface area is 155 Å². The standard InChI is InChI=1S/C19H19N3OS2/c1-13-6-7-15(9-14(13)2)17-11-25-19(21-17)22-18(23)12-24-10-16-5-3-4-8-20-16/h3-9,11H,10,12H2,1-2H3,(H,21,22,23). The van der Waals surface area contributed by atoms with E-state index in [1.54, 1.807) is 18.0 Å². The second-order valence-corrected chi connectivity index (χ2v) is 7.54. The largest absolute Gasteiger partial charge is 0.301 e. The molecule has 128 valence electrons. The van der Waals surface area contributed by atoms with Gasteiger partial charge in [0.25, 0.3) is 0 Å². The molecule has 0 aliphatic heterocycles. The summed E-state index contributed by atoms with van der Waals surface area (Å²) in [6, 6.07) is 12.1. The van der Waals surface area contributed by atoms with Crippen molar-refractivity contribution in [1.82, 2.24) is 9.97 Å². The molecule has 6 heteroatoms. The number of anilines is 1. The van der Waals surface area contributed by atoms with Crippen LogP contribution in [0, 0.1) is 13.8 Å². The van der Waals surface area contributed by atoms with Crippen LogP contribution in [-0.4, -0.2) is 21.6 Å². The van der Waals surface area contributed by atoms with Crippen LogP contribution in [0.1, 0.15) is 16.8 Å². The number of nitrogens with one attached hydrogen (secondary N) is 1. The van der Waals surface area contributed by atoms with Gasteiger partial charge in [-0.2, -0.15) is 0 Å². The molecular formula is C19H19N3OS2. The number of nitrogens with zero attached hydrogens (tertiary/aromatic N) is 2. The second-order valence-electron chi connectivity index (χ2n) is 5.70. The Kier molecular flexibility index (Phi) is 5.83. The Bertz CT molecular complexity index is 862. The van der Waals surface area contributed by atoms with E-state index in [-0.39, 0.29) is 5.91 Å². The molecule has 0 unspecified atom stereocenters. The van der Waals surface area contributed by atoms with Crippen molar-refractivity contribution in [3.63, 3.8) is 0 Å². The number of aryl methyl sites for hydroxylation is 2. The molecule has 2 aromatic heterocycles. The highest BCUT2D eigenvalue weighted by Crippen LogP contribution is 2.26. The number of thioether (sulfide) groups is 1. The van der Waals surface area contributed by atoms with Gasteiger partial charge in [0.05, 0.1) is 17.1 Å². The normalized spacial score (nSPS) is 10.6. The molecule has 3 aromatic rings. The summed E-state index contributed by atoms with van der Waals surface area (Å²) in [5.74, 6) is 1.07. The van der Waals surface area contributed by atoms with E-state index in [4.69, 9.17) is 0 Å². The van der Waals surface area contributed by atoms with Gasteiger partial charge in [0.15, 0.2) is 5.13 Å². The van der Waals surface area contributed by atoms with Gasteiger partial charge in [-0.15, -0.1) is 23.1 Å². The fourth-order valence-electron chi connectivity index (χ4n) is 2.25. The Morgan fingerprint density at radius 3 is 2.84 bits per heavy atom. The number of thiazole rings is 1. The number of benzene rings is 1. The lowest BCUT2D eigenvalue weighted by atomic mass is 10.1. The number of rotatable bonds is 6. The van der Waals surface area contributed by atoms with E-state index in [9.17, 15) is 4.79 Å². The third kappa shape index (κ3) is 4.90. The molecule has 4 nitrogen and oxygen atoms in total. The predicted molar refractivity (Wildman–Crippen MR) is 106 cm³/mol. The fraction of sp³-hybridized carbons (Fsp3) is 0.211. The summed E-state index contributed by atoms with van der Waals surface area (Å²) in [5.41, 5.74) is 5.44. The summed E-state index contributed by atoms with van der Waals surface area (Å²) in [4.78, 5) is 20.8. The van der Waals surface area contributed by atoms with Crippen molar-refractivity contribution < 1.29 is 4.79 Å². The molecule has 0 aliphatic rings. The van der Waals surface area contributed by atoms with E-state index in [2.05, 4.69) is 47.3 Å². The number of aromatic nitrogens is 2. The molecule has 0 radical (unpaired) electrons. The Morgan fingerprint density at radius 2 is 2.08 bits per heavy atom. The van der Waals surface area contributed by atoms with Crippen LogP contribution in [0.15, 0.2) is 48.0 Å². The average Bonchev–Trinajstić information content (AvgIpc) is 3.06. The molecule has 0 bridgehead atoms. The maximum absolute atomic E-state index is 12.1. The molecule has 1 amide bonds. The van der Waals surface area contributed by atoms with Crippen molar-refractivity contribution >= 4 is 34.1 Å². The van der Waals surface area contributed by atoms with Crippen LogP contribution < -0.4 is 5.32 Å². The number of carbonyl (C=O) groups excluding carboxylic acids is 1. The van der Waals surface area contributed by atoms with Crippen LogP contribution in [0.2, 0.25) is 0 Å². The van der Waals surface area contributed by atoms with E-state index in [0.29, 0.717) is 10.9 Å². The first-order chi connectivity index (χ1) is 12.1. The molecule has 1 aromatic carbocycles. The molecule has 0 spiro atoms. The van der Waals surface area contributed by atoms with Crippen molar-refractivity contribution in [2.24, 2.45) is 0 Å². The predicted octanol–water partition coefficient (Wildman–Crippen LogP) is 4.69. The van der Waals surface area contributed by atoms with Crippen molar-refractivity contribution in [3.8, 4) is 11.3 Å². The van der Waals surface area contributed by atoms with Crippen LogP contribution >= 0.6 is 23.1 Å². The van der Waals surface area contributed by atoms with E-state index < -0.39 is 0 Å². The summed E-state index contributed by atoms with van der Waals surface area (Å²) >= 11 is 2.99. The van der Waals surface area contributed by atoms with Gasteiger partial charge < -0.3 is 5.32 Å². The summed E-state index contributed by atoms with van der Waals surface area (Å²) in [7, 11) is 0. The Balaban J connectivity index is 1.54. The topological polar surface area (TPSA) is 54.9 Å². The minimum absolute atomic E-state index is 0.0399. The van der Waals surface area contributed by atoms with Gasteiger partial charge in [-0.1, -0.05) is 18.2 Å². The zero-order valence-corrected chi connectivity index (χ0v) is 15.8. The minimum Gasteiger partial charge on any atom is -0.301 e. The van der Waals surface area contributed by atoms with Crippen LogP contribution in [-0.2, 0) is 10.5 Å². The Hall–Kier alpha value is -2.18. The van der Waals surface area contributed by atoms with Crippen LogP contribution in [0.3, 0.4) is 0 Å². The number of hydrogen-bond acceptors (Lipinski definition) is 5. The first-order valence-corrected chi connectivity index (χ1v) is 9.96. The summed E-state index contributed by atoms with van der Waals surface area (Å²) in [6.45, 7) is 4.18. The first-order valence-electron chi connectivity index (χ1n) is 7.92. The number of carbonyl (C=O) groups is 1. The minimum atomic E-state index is -0.0399. The first kappa shape index (κ1) is 17.6. The van der Waals surface area contributed by atoms with Gasteiger partial charge in [0.1, 0.15) is 0 Å². The van der Waals surface area contributed by atoms with E-state index in [0.717, 1.165) is 22.7 Å². The molecule has 3 rings (SSSR count). The molecular weight excluding hydrogens is 350 g/mol. The van der Waals surface area contributed by atoms with E-state index >= 15 is 0 Å². The maximum atomic E-state index is 12.1. The Morgan fingerprint density at radius 1 is 1.20 bits per heavy atom. The van der Waals surface area contributed by atoms with Crippen molar-refractivity contribution in [3.05, 3.63) is 64.8 Å². The smallest absolute Gasteiger partial charge is 0.236 e. The van der Waals surface area contributed by atoms with Gasteiger partial charge in [0.2, 0.25) is 5.91 Å². The van der Waals surface area contributed by atoms with Crippen LogP contribution in [0.25, 0.3) is 11.3 Å². The van der Waals surface area contributed by atoms with Crippen LogP contribution in [0.5, 0.6) is 0 Å². The molecule has 2 heterocycles. The zero-order valence-electron chi connectivity index (χ0n) is 14.2. The summed E-state index contributed by atoms with van der Waals surface area (Å²) < 4.78 is 0. The molecule has 1 N–H and O–H groups in total. The lowest BCUT2D eigenvalue weighted by Crippen LogP contribution is -2.14. The second kappa shape index (κ2) is 8.27.